The molecule has 22 heavy (non-hydrogen) atoms. The first-order valence-corrected chi connectivity index (χ1v) is 9.12. The molecule has 1 saturated carbocycles. The van der Waals surface area contributed by atoms with Crippen molar-refractivity contribution >= 4 is 15.9 Å². The monoisotopic (exact) mass is 324 g/mol. The molecule has 0 radical (unpaired) electrons. The van der Waals surface area contributed by atoms with Crippen LogP contribution in [0.5, 0.6) is 0 Å². The lowest BCUT2D eigenvalue weighted by Gasteiger charge is -2.32. The normalized spacial score (nSPS) is 16.6. The third kappa shape index (κ3) is 3.50. The van der Waals surface area contributed by atoms with Gasteiger partial charge in [0.15, 0.2) is 0 Å². The maximum atomic E-state index is 12.8. The van der Waals surface area contributed by atoms with E-state index >= 15 is 0 Å². The molecule has 1 aromatic carbocycles. The Morgan fingerprint density at radius 2 is 1.73 bits per heavy atom. The molecule has 0 spiro atoms. The second-order valence-electron chi connectivity index (χ2n) is 6.16. The summed E-state index contributed by atoms with van der Waals surface area (Å²) in [7, 11) is -2.10. The molecule has 2 rings (SSSR count). The number of rotatable bonds is 6. The predicted octanol–water partition coefficient (Wildman–Crippen LogP) is 2.24. The van der Waals surface area contributed by atoms with Gasteiger partial charge in [-0.3, -0.25) is 4.79 Å². The quantitative estimate of drug-likeness (QED) is 0.873. The maximum Gasteiger partial charge on any atom is 0.254 e. The Morgan fingerprint density at radius 1 is 1.18 bits per heavy atom. The van der Waals surface area contributed by atoms with Crippen LogP contribution >= 0.6 is 0 Å². The Kier molecular flexibility index (Phi) is 4.92. The Balaban J connectivity index is 2.25. The molecule has 1 aliphatic rings. The number of amides is 1. The summed E-state index contributed by atoms with van der Waals surface area (Å²) in [4.78, 5) is 14.9. The number of carbonyl (C=O) groups excluding carboxylic acids is 1. The number of hydrogen-bond acceptors (Lipinski definition) is 3. The molecule has 1 aromatic rings. The standard InChI is InChI=1S/C16H24N2O3S/c1-11(2)12(3)18(14-7-8-14)16(19)13-5-9-15(10-6-13)22(20,21)17-4/h5-6,9-12,14,17H,7-8H2,1-4H3/t12-/m1/s1. The lowest BCUT2D eigenvalue weighted by Crippen LogP contribution is -2.43. The van der Waals surface area contributed by atoms with Crippen LogP contribution in [0.3, 0.4) is 0 Å². The summed E-state index contributed by atoms with van der Waals surface area (Å²) in [6, 6.07) is 6.63. The fraction of sp³-hybridized carbons (Fsp3) is 0.562. The van der Waals surface area contributed by atoms with E-state index in [1.807, 2.05) is 4.90 Å². The highest BCUT2D eigenvalue weighted by Gasteiger charge is 2.37. The van der Waals surface area contributed by atoms with E-state index in [1.165, 1.54) is 19.2 Å². The Bertz CT molecular complexity index is 634. The molecule has 0 aromatic heterocycles. The van der Waals surface area contributed by atoms with Gasteiger partial charge < -0.3 is 4.90 Å². The highest BCUT2D eigenvalue weighted by molar-refractivity contribution is 7.89. The third-order valence-corrected chi connectivity index (χ3v) is 5.69. The SMILES string of the molecule is CNS(=O)(=O)c1ccc(C(=O)N(C2CC2)[C@H](C)C(C)C)cc1. The van der Waals surface area contributed by atoms with Crippen molar-refractivity contribution in [3.05, 3.63) is 29.8 Å². The fourth-order valence-corrected chi connectivity index (χ4v) is 3.13. The molecule has 6 heteroatoms. The molecule has 1 atom stereocenters. The fourth-order valence-electron chi connectivity index (χ4n) is 2.40. The van der Waals surface area contributed by atoms with Gasteiger partial charge in [0, 0.05) is 17.6 Å². The molecular formula is C16H24N2O3S. The number of hydrogen-bond donors (Lipinski definition) is 1. The van der Waals surface area contributed by atoms with Crippen molar-refractivity contribution in [3.8, 4) is 0 Å². The summed E-state index contributed by atoms with van der Waals surface area (Å²) in [6.07, 6.45) is 2.10. The first kappa shape index (κ1) is 17.0. The molecule has 0 heterocycles. The largest absolute Gasteiger partial charge is 0.333 e. The molecule has 0 aliphatic heterocycles. The van der Waals surface area contributed by atoms with Crippen LogP contribution in [0, 0.1) is 5.92 Å². The molecule has 122 valence electrons. The topological polar surface area (TPSA) is 66.5 Å². The average Bonchev–Trinajstić information content (AvgIpc) is 3.32. The second-order valence-corrected chi connectivity index (χ2v) is 8.05. The first-order chi connectivity index (χ1) is 10.3. The van der Waals surface area contributed by atoms with Crippen molar-refractivity contribution in [3.63, 3.8) is 0 Å². The molecule has 1 aliphatic carbocycles. The van der Waals surface area contributed by atoms with E-state index in [2.05, 4.69) is 25.5 Å². The van der Waals surface area contributed by atoms with Crippen LogP contribution in [0.15, 0.2) is 29.2 Å². The van der Waals surface area contributed by atoms with Gasteiger partial charge in [0.2, 0.25) is 10.0 Å². The first-order valence-electron chi connectivity index (χ1n) is 7.64. The van der Waals surface area contributed by atoms with E-state index in [1.54, 1.807) is 12.1 Å². The summed E-state index contributed by atoms with van der Waals surface area (Å²) < 4.78 is 25.7. The molecule has 1 fully saturated rings. The second kappa shape index (κ2) is 6.38. The van der Waals surface area contributed by atoms with Crippen molar-refractivity contribution in [1.82, 2.24) is 9.62 Å². The van der Waals surface area contributed by atoms with Crippen LogP contribution < -0.4 is 4.72 Å². The van der Waals surface area contributed by atoms with Gasteiger partial charge in [-0.1, -0.05) is 13.8 Å². The Morgan fingerprint density at radius 3 is 2.14 bits per heavy atom. The summed E-state index contributed by atoms with van der Waals surface area (Å²) in [5, 5.41) is 0. The lowest BCUT2D eigenvalue weighted by molar-refractivity contribution is 0.0627. The van der Waals surface area contributed by atoms with E-state index in [4.69, 9.17) is 0 Å². The van der Waals surface area contributed by atoms with Crippen LogP contribution in [-0.2, 0) is 10.0 Å². The number of sulfonamides is 1. The molecule has 0 saturated heterocycles. The summed E-state index contributed by atoms with van der Waals surface area (Å²) in [5.41, 5.74) is 0.537. The van der Waals surface area contributed by atoms with Crippen molar-refractivity contribution in [2.75, 3.05) is 7.05 Å². The van der Waals surface area contributed by atoms with Crippen molar-refractivity contribution in [2.45, 2.75) is 50.6 Å². The van der Waals surface area contributed by atoms with Gasteiger partial charge in [0.1, 0.15) is 0 Å². The number of benzene rings is 1. The van der Waals surface area contributed by atoms with E-state index in [-0.39, 0.29) is 16.8 Å². The van der Waals surface area contributed by atoms with Gasteiger partial charge in [-0.2, -0.15) is 0 Å². The minimum atomic E-state index is -3.47. The number of nitrogens with zero attached hydrogens (tertiary/aromatic N) is 1. The van der Waals surface area contributed by atoms with E-state index < -0.39 is 10.0 Å². The summed E-state index contributed by atoms with van der Waals surface area (Å²) in [6.45, 7) is 6.28. The smallest absolute Gasteiger partial charge is 0.254 e. The zero-order valence-electron chi connectivity index (χ0n) is 13.5. The van der Waals surface area contributed by atoms with Gasteiger partial charge in [-0.15, -0.1) is 0 Å². The third-order valence-electron chi connectivity index (χ3n) is 4.26. The van der Waals surface area contributed by atoms with Crippen molar-refractivity contribution in [1.29, 1.82) is 0 Å². The van der Waals surface area contributed by atoms with Gasteiger partial charge in [0.05, 0.1) is 4.90 Å². The summed E-state index contributed by atoms with van der Waals surface area (Å²) >= 11 is 0. The minimum Gasteiger partial charge on any atom is -0.333 e. The average molecular weight is 324 g/mol. The molecule has 1 N–H and O–H groups in total. The molecule has 5 nitrogen and oxygen atoms in total. The van der Waals surface area contributed by atoms with Gasteiger partial charge >= 0.3 is 0 Å². The Hall–Kier alpha value is -1.40. The zero-order valence-corrected chi connectivity index (χ0v) is 14.4. The van der Waals surface area contributed by atoms with Crippen molar-refractivity contribution < 1.29 is 13.2 Å². The van der Waals surface area contributed by atoms with E-state index in [0.717, 1.165) is 12.8 Å². The maximum absolute atomic E-state index is 12.8. The summed E-state index contributed by atoms with van der Waals surface area (Å²) in [5.74, 6) is 0.366. The number of carbonyl (C=O) groups is 1. The van der Waals surface area contributed by atoms with Gasteiger partial charge in [-0.25, -0.2) is 13.1 Å². The lowest BCUT2D eigenvalue weighted by atomic mass is 10.0. The highest BCUT2D eigenvalue weighted by atomic mass is 32.2. The predicted molar refractivity (Wildman–Crippen MR) is 86.2 cm³/mol. The molecule has 0 bridgehead atoms. The van der Waals surface area contributed by atoms with Gasteiger partial charge in [0.25, 0.3) is 5.91 Å². The molecular weight excluding hydrogens is 300 g/mol. The molecule has 0 unspecified atom stereocenters. The van der Waals surface area contributed by atoms with Crippen LogP contribution in [0.1, 0.15) is 44.0 Å². The molecule has 1 amide bonds. The zero-order chi connectivity index (χ0) is 16.5. The van der Waals surface area contributed by atoms with Crippen LogP contribution in [0.25, 0.3) is 0 Å². The van der Waals surface area contributed by atoms with E-state index in [0.29, 0.717) is 17.5 Å². The minimum absolute atomic E-state index is 0.0166. The number of nitrogens with one attached hydrogen (secondary N) is 1. The van der Waals surface area contributed by atoms with Gasteiger partial charge in [-0.05, 0) is 57.0 Å². The Labute approximate surface area is 132 Å². The van der Waals surface area contributed by atoms with Crippen molar-refractivity contribution in [2.24, 2.45) is 5.92 Å². The van der Waals surface area contributed by atoms with Crippen LogP contribution in [0.4, 0.5) is 0 Å². The van der Waals surface area contributed by atoms with Crippen LogP contribution in [0.2, 0.25) is 0 Å². The van der Waals surface area contributed by atoms with Crippen LogP contribution in [-0.4, -0.2) is 38.4 Å². The highest BCUT2D eigenvalue weighted by Crippen LogP contribution is 2.32. The van der Waals surface area contributed by atoms with E-state index in [9.17, 15) is 13.2 Å².